The number of hydrogen-bond donors (Lipinski definition) is 1. The second-order valence-corrected chi connectivity index (χ2v) is 7.63. The Bertz CT molecular complexity index is 457. The van der Waals surface area contributed by atoms with Crippen molar-refractivity contribution in [2.24, 2.45) is 5.92 Å². The van der Waals surface area contributed by atoms with Crippen molar-refractivity contribution in [2.75, 3.05) is 6.54 Å². The summed E-state index contributed by atoms with van der Waals surface area (Å²) in [6, 6.07) is 0. The molecule has 3 unspecified atom stereocenters. The molecule has 2 aliphatic rings. The molecule has 112 valence electrons. The molecule has 0 aromatic carbocycles. The summed E-state index contributed by atoms with van der Waals surface area (Å²) in [6.45, 7) is 8.70. The van der Waals surface area contributed by atoms with Crippen molar-refractivity contribution in [1.82, 2.24) is 10.3 Å². The van der Waals surface area contributed by atoms with Gasteiger partial charge >= 0.3 is 0 Å². The van der Waals surface area contributed by atoms with Crippen LogP contribution in [0, 0.1) is 5.92 Å². The molecule has 3 rings (SSSR count). The van der Waals surface area contributed by atoms with E-state index < -0.39 is 0 Å². The number of fused-ring (bicyclic) bond motifs is 2. The zero-order chi connectivity index (χ0) is 14.1. The normalized spacial score (nSPS) is 28.7. The number of nitrogens with one attached hydrogen (secondary N) is 1. The van der Waals surface area contributed by atoms with Crippen molar-refractivity contribution >= 4 is 11.3 Å². The Balaban J connectivity index is 1.78. The van der Waals surface area contributed by atoms with Crippen LogP contribution in [-0.2, 0) is 17.7 Å². The fraction of sp³-hybridized carbons (Fsp3) is 0.812. The smallest absolute Gasteiger partial charge is 0.0989 e. The van der Waals surface area contributed by atoms with Crippen molar-refractivity contribution < 1.29 is 4.74 Å². The van der Waals surface area contributed by atoms with E-state index in [9.17, 15) is 0 Å². The van der Waals surface area contributed by atoms with Gasteiger partial charge in [-0.3, -0.25) is 0 Å². The topological polar surface area (TPSA) is 34.1 Å². The Morgan fingerprint density at radius 1 is 1.40 bits per heavy atom. The molecular weight excluding hydrogens is 268 g/mol. The molecule has 3 atom stereocenters. The predicted molar refractivity (Wildman–Crippen MR) is 83.3 cm³/mol. The van der Waals surface area contributed by atoms with Crippen molar-refractivity contribution in [3.05, 3.63) is 15.6 Å². The minimum absolute atomic E-state index is 0.449. The highest BCUT2D eigenvalue weighted by molar-refractivity contribution is 7.11. The highest BCUT2D eigenvalue weighted by Gasteiger charge is 2.43. The summed E-state index contributed by atoms with van der Waals surface area (Å²) in [6.07, 6.45) is 5.75. The monoisotopic (exact) mass is 294 g/mol. The van der Waals surface area contributed by atoms with E-state index in [2.05, 4.69) is 26.1 Å². The quantitative estimate of drug-likeness (QED) is 0.872. The summed E-state index contributed by atoms with van der Waals surface area (Å²) < 4.78 is 6.00. The maximum absolute atomic E-state index is 6.00. The lowest BCUT2D eigenvalue weighted by atomic mass is 9.90. The first-order valence-electron chi connectivity index (χ1n) is 8.02. The van der Waals surface area contributed by atoms with Gasteiger partial charge in [-0.15, -0.1) is 11.3 Å². The van der Waals surface area contributed by atoms with Crippen LogP contribution in [0.2, 0.25) is 0 Å². The van der Waals surface area contributed by atoms with Crippen LogP contribution in [0.3, 0.4) is 0 Å². The van der Waals surface area contributed by atoms with Crippen molar-refractivity contribution in [3.63, 3.8) is 0 Å². The van der Waals surface area contributed by atoms with E-state index in [1.165, 1.54) is 34.8 Å². The molecule has 0 aliphatic carbocycles. The summed E-state index contributed by atoms with van der Waals surface area (Å²) in [5.41, 5.74) is 1.32. The number of hydrogen-bond acceptors (Lipinski definition) is 4. The highest BCUT2D eigenvalue weighted by atomic mass is 32.1. The van der Waals surface area contributed by atoms with Crippen LogP contribution in [0.1, 0.15) is 61.5 Å². The van der Waals surface area contributed by atoms with Gasteiger partial charge in [0.05, 0.1) is 22.9 Å². The first kappa shape index (κ1) is 14.5. The van der Waals surface area contributed by atoms with E-state index in [-0.39, 0.29) is 0 Å². The van der Waals surface area contributed by atoms with Crippen molar-refractivity contribution in [2.45, 2.75) is 71.1 Å². The van der Waals surface area contributed by atoms with Gasteiger partial charge in [0.2, 0.25) is 0 Å². The Kier molecular flexibility index (Phi) is 4.43. The Morgan fingerprint density at radius 3 is 2.85 bits per heavy atom. The van der Waals surface area contributed by atoms with Gasteiger partial charge in [-0.1, -0.05) is 20.8 Å². The number of ether oxygens (including phenoxy) is 1. The molecule has 3 heterocycles. The summed E-state index contributed by atoms with van der Waals surface area (Å²) in [5, 5.41) is 4.79. The zero-order valence-electron chi connectivity index (χ0n) is 12.8. The van der Waals surface area contributed by atoms with E-state index in [1.807, 2.05) is 11.3 Å². The van der Waals surface area contributed by atoms with Crippen LogP contribution in [0.25, 0.3) is 0 Å². The lowest BCUT2D eigenvalue weighted by Gasteiger charge is -2.15. The van der Waals surface area contributed by atoms with E-state index in [0.717, 1.165) is 19.5 Å². The Labute approximate surface area is 126 Å². The number of nitrogens with zero attached hydrogens (tertiary/aromatic N) is 1. The largest absolute Gasteiger partial charge is 0.374 e. The molecule has 2 bridgehead atoms. The fourth-order valence-corrected chi connectivity index (χ4v) is 4.61. The summed E-state index contributed by atoms with van der Waals surface area (Å²) in [7, 11) is 0. The first-order valence-corrected chi connectivity index (χ1v) is 8.83. The zero-order valence-corrected chi connectivity index (χ0v) is 13.6. The molecule has 1 N–H and O–H groups in total. The molecule has 0 spiro atoms. The predicted octanol–water partition coefficient (Wildman–Crippen LogP) is 3.49. The third-order valence-electron chi connectivity index (χ3n) is 4.36. The molecule has 2 fully saturated rings. The first-order chi connectivity index (χ1) is 9.67. The summed E-state index contributed by atoms with van der Waals surface area (Å²) >= 11 is 1.92. The lowest BCUT2D eigenvalue weighted by Crippen LogP contribution is -2.14. The minimum atomic E-state index is 0.449. The van der Waals surface area contributed by atoms with Crippen molar-refractivity contribution in [3.8, 4) is 0 Å². The molecule has 1 aromatic heterocycles. The molecule has 2 saturated heterocycles. The van der Waals surface area contributed by atoms with E-state index in [1.54, 1.807) is 0 Å². The summed E-state index contributed by atoms with van der Waals surface area (Å²) in [4.78, 5) is 6.45. The second kappa shape index (κ2) is 6.12. The van der Waals surface area contributed by atoms with Gasteiger partial charge in [-0.25, -0.2) is 4.98 Å². The molecule has 1 aromatic rings. The third kappa shape index (κ3) is 2.92. The molecule has 20 heavy (non-hydrogen) atoms. The number of aromatic nitrogens is 1. The van der Waals surface area contributed by atoms with Gasteiger partial charge in [0, 0.05) is 17.3 Å². The Morgan fingerprint density at radius 2 is 2.25 bits per heavy atom. The van der Waals surface area contributed by atoms with Crippen LogP contribution in [0.15, 0.2) is 0 Å². The van der Waals surface area contributed by atoms with Gasteiger partial charge < -0.3 is 10.1 Å². The van der Waals surface area contributed by atoms with Crippen LogP contribution in [-0.4, -0.2) is 23.7 Å². The maximum atomic E-state index is 6.00. The fourth-order valence-electron chi connectivity index (χ4n) is 3.38. The third-order valence-corrected chi connectivity index (χ3v) is 5.58. The average molecular weight is 294 g/mol. The van der Waals surface area contributed by atoms with E-state index in [0.29, 0.717) is 24.0 Å². The molecule has 0 saturated carbocycles. The number of rotatable bonds is 6. The Hall–Kier alpha value is -0.450. The molecule has 0 amide bonds. The lowest BCUT2D eigenvalue weighted by molar-refractivity contribution is 0.100. The standard InChI is InChI=1S/C16H26N2OS/c1-4-17-9-15-13(7-10(2)3)18-16(20-15)12-8-11-5-6-14(12)19-11/h10-12,14,17H,4-9H2,1-3H3. The molecule has 3 nitrogen and oxygen atoms in total. The highest BCUT2D eigenvalue weighted by Crippen LogP contribution is 2.45. The second-order valence-electron chi connectivity index (χ2n) is 6.52. The molecular formula is C16H26N2OS. The maximum Gasteiger partial charge on any atom is 0.0989 e. The van der Waals surface area contributed by atoms with Crippen LogP contribution in [0.5, 0.6) is 0 Å². The van der Waals surface area contributed by atoms with E-state index in [4.69, 9.17) is 9.72 Å². The van der Waals surface area contributed by atoms with Crippen LogP contribution in [0.4, 0.5) is 0 Å². The molecule has 2 aliphatic heterocycles. The van der Waals surface area contributed by atoms with Gasteiger partial charge in [-0.05, 0) is 38.1 Å². The summed E-state index contributed by atoms with van der Waals surface area (Å²) in [5.74, 6) is 1.24. The van der Waals surface area contributed by atoms with Crippen LogP contribution < -0.4 is 5.32 Å². The average Bonchev–Trinajstić information content (AvgIpc) is 3.10. The van der Waals surface area contributed by atoms with Crippen molar-refractivity contribution in [1.29, 1.82) is 0 Å². The SMILES string of the molecule is CCNCc1sc(C2CC3CCC2O3)nc1CC(C)C. The van der Waals surface area contributed by atoms with Gasteiger partial charge in [0.25, 0.3) is 0 Å². The van der Waals surface area contributed by atoms with Gasteiger partial charge in [-0.2, -0.15) is 0 Å². The molecule has 4 heteroatoms. The van der Waals surface area contributed by atoms with Gasteiger partial charge in [0.15, 0.2) is 0 Å². The van der Waals surface area contributed by atoms with Crippen LogP contribution >= 0.6 is 11.3 Å². The minimum Gasteiger partial charge on any atom is -0.374 e. The number of thiazole rings is 1. The van der Waals surface area contributed by atoms with Gasteiger partial charge in [0.1, 0.15) is 0 Å². The van der Waals surface area contributed by atoms with E-state index >= 15 is 0 Å². The molecule has 0 radical (unpaired) electrons.